The quantitative estimate of drug-likeness (QED) is 0.828. The lowest BCUT2D eigenvalue weighted by molar-refractivity contribution is -0.135. The molecule has 0 N–H and O–H groups in total. The van der Waals surface area contributed by atoms with Gasteiger partial charge in [-0.1, -0.05) is 18.2 Å². The fraction of sp³-hybridized carbons (Fsp3) is 0.368. The lowest BCUT2D eigenvalue weighted by Gasteiger charge is -2.29. The second kappa shape index (κ2) is 7.65. The van der Waals surface area contributed by atoms with Crippen LogP contribution in [0, 0.1) is 5.82 Å². The topological polar surface area (TPSA) is 45.1 Å². The molecule has 1 atom stereocenters. The second-order valence-electron chi connectivity index (χ2n) is 6.42. The first kappa shape index (κ1) is 17.3. The highest BCUT2D eigenvalue weighted by atomic mass is 32.1. The number of benzene rings is 1. The van der Waals surface area contributed by atoms with Crippen LogP contribution in [0.5, 0.6) is 0 Å². The number of ether oxygens (including phenoxy) is 1. The molecule has 1 aromatic carbocycles. The minimum Gasteiger partial charge on any atom is -0.379 e. The highest BCUT2D eigenvalue weighted by Crippen LogP contribution is 2.34. The first-order valence-electron chi connectivity index (χ1n) is 8.70. The summed E-state index contributed by atoms with van der Waals surface area (Å²) in [6.45, 7) is 3.13. The van der Waals surface area contributed by atoms with E-state index in [4.69, 9.17) is 4.74 Å². The van der Waals surface area contributed by atoms with Crippen LogP contribution in [0.1, 0.15) is 22.9 Å². The molecule has 0 saturated carbocycles. The predicted molar refractivity (Wildman–Crippen MR) is 98.7 cm³/mol. The van der Waals surface area contributed by atoms with Gasteiger partial charge in [0.05, 0.1) is 36.4 Å². The number of rotatable bonds is 4. The molecule has 0 spiro atoms. The Labute approximate surface area is 155 Å². The van der Waals surface area contributed by atoms with Crippen LogP contribution in [0.25, 0.3) is 0 Å². The van der Waals surface area contributed by atoms with Crippen LogP contribution in [-0.4, -0.2) is 54.4 Å². The van der Waals surface area contributed by atoms with Gasteiger partial charge in [0.2, 0.25) is 0 Å². The fourth-order valence-corrected chi connectivity index (χ4v) is 4.02. The Morgan fingerprint density at radius 1 is 1.23 bits per heavy atom. The number of hydrogen-bond donors (Lipinski definition) is 0. The van der Waals surface area contributed by atoms with Crippen molar-refractivity contribution < 1.29 is 13.9 Å². The monoisotopic (exact) mass is 373 g/mol. The normalized spacial score (nSPS) is 21.0. The van der Waals surface area contributed by atoms with Gasteiger partial charge in [-0.05, 0) is 29.1 Å². The SMILES string of the molecule is O=C(CN1CCOCC1)N1N=C(c2cccs2)C[C@H]1c1ccc(F)cc1. The molecule has 1 fully saturated rings. The van der Waals surface area contributed by atoms with Crippen LogP contribution >= 0.6 is 11.3 Å². The van der Waals surface area contributed by atoms with Gasteiger partial charge >= 0.3 is 0 Å². The molecule has 1 aromatic heterocycles. The van der Waals surface area contributed by atoms with E-state index in [2.05, 4.69) is 10.0 Å². The summed E-state index contributed by atoms with van der Waals surface area (Å²) in [5, 5.41) is 8.22. The Hall–Kier alpha value is -2.09. The van der Waals surface area contributed by atoms with Crippen molar-refractivity contribution >= 4 is 23.0 Å². The number of hydrazone groups is 1. The molecule has 136 valence electrons. The van der Waals surface area contributed by atoms with Crippen molar-refractivity contribution in [3.8, 4) is 0 Å². The Morgan fingerprint density at radius 3 is 2.69 bits per heavy atom. The fourth-order valence-electron chi connectivity index (χ4n) is 3.30. The number of hydrogen-bond acceptors (Lipinski definition) is 5. The Balaban J connectivity index is 1.57. The summed E-state index contributed by atoms with van der Waals surface area (Å²) in [6, 6.07) is 10.1. The van der Waals surface area contributed by atoms with E-state index in [1.54, 1.807) is 28.5 Å². The van der Waals surface area contributed by atoms with Gasteiger partial charge in [-0.2, -0.15) is 5.10 Å². The molecule has 0 aliphatic carbocycles. The lowest BCUT2D eigenvalue weighted by Crippen LogP contribution is -2.43. The molecule has 0 unspecified atom stereocenters. The highest BCUT2D eigenvalue weighted by Gasteiger charge is 2.34. The van der Waals surface area contributed by atoms with E-state index >= 15 is 0 Å². The van der Waals surface area contributed by atoms with Crippen molar-refractivity contribution in [2.45, 2.75) is 12.5 Å². The molecular weight excluding hydrogens is 353 g/mol. The zero-order chi connectivity index (χ0) is 17.9. The first-order valence-corrected chi connectivity index (χ1v) is 9.57. The van der Waals surface area contributed by atoms with E-state index in [9.17, 15) is 9.18 Å². The minimum absolute atomic E-state index is 0.0345. The summed E-state index contributed by atoms with van der Waals surface area (Å²) in [6.07, 6.45) is 0.640. The number of nitrogens with zero attached hydrogens (tertiary/aromatic N) is 3. The van der Waals surface area contributed by atoms with Crippen molar-refractivity contribution in [2.24, 2.45) is 5.10 Å². The van der Waals surface area contributed by atoms with Crippen LogP contribution in [0.2, 0.25) is 0 Å². The minimum atomic E-state index is -0.280. The number of thiophene rings is 1. The smallest absolute Gasteiger partial charge is 0.257 e. The average Bonchev–Trinajstić information content (AvgIpc) is 3.33. The van der Waals surface area contributed by atoms with Crippen LogP contribution in [0.4, 0.5) is 4.39 Å². The molecule has 2 aliphatic rings. The van der Waals surface area contributed by atoms with Crippen molar-refractivity contribution in [1.29, 1.82) is 0 Å². The maximum absolute atomic E-state index is 13.3. The second-order valence-corrected chi connectivity index (χ2v) is 7.37. The third-order valence-electron chi connectivity index (χ3n) is 4.69. The van der Waals surface area contributed by atoms with E-state index < -0.39 is 0 Å². The Morgan fingerprint density at radius 2 is 2.00 bits per heavy atom. The van der Waals surface area contributed by atoms with Crippen molar-refractivity contribution in [2.75, 3.05) is 32.8 Å². The van der Waals surface area contributed by atoms with Crippen LogP contribution in [0.3, 0.4) is 0 Å². The third-order valence-corrected chi connectivity index (χ3v) is 5.61. The zero-order valence-corrected chi connectivity index (χ0v) is 15.1. The van der Waals surface area contributed by atoms with Gasteiger partial charge < -0.3 is 4.74 Å². The molecule has 7 heteroatoms. The summed E-state index contributed by atoms with van der Waals surface area (Å²) >= 11 is 1.61. The Kier molecular flexibility index (Phi) is 5.10. The number of morpholine rings is 1. The van der Waals surface area contributed by atoms with Gasteiger partial charge in [0.1, 0.15) is 5.82 Å². The average molecular weight is 373 g/mol. The van der Waals surface area contributed by atoms with Crippen molar-refractivity contribution in [3.05, 3.63) is 58.0 Å². The highest BCUT2D eigenvalue weighted by molar-refractivity contribution is 7.12. The summed E-state index contributed by atoms with van der Waals surface area (Å²) < 4.78 is 18.7. The van der Waals surface area contributed by atoms with Crippen LogP contribution in [0.15, 0.2) is 46.9 Å². The molecule has 4 rings (SSSR count). The Bertz CT molecular complexity index is 786. The van der Waals surface area contributed by atoms with Gasteiger partial charge in [0, 0.05) is 19.5 Å². The zero-order valence-electron chi connectivity index (χ0n) is 14.3. The summed E-state index contributed by atoms with van der Waals surface area (Å²) in [5.74, 6) is -0.315. The summed E-state index contributed by atoms with van der Waals surface area (Å²) in [5.41, 5.74) is 1.81. The van der Waals surface area contributed by atoms with Crippen molar-refractivity contribution in [3.63, 3.8) is 0 Å². The van der Waals surface area contributed by atoms with E-state index in [0.29, 0.717) is 26.2 Å². The number of amides is 1. The number of carbonyl (C=O) groups excluding carboxylic acids is 1. The third kappa shape index (κ3) is 3.70. The standard InChI is InChI=1S/C19H20FN3O2S/c20-15-5-3-14(4-6-15)17-12-16(18-2-1-11-26-18)21-23(17)19(24)13-22-7-9-25-10-8-22/h1-6,11,17H,7-10,12-13H2/t17-/m0/s1. The van der Waals surface area contributed by atoms with Gasteiger partial charge in [-0.25, -0.2) is 9.40 Å². The maximum Gasteiger partial charge on any atom is 0.257 e. The number of halogens is 1. The molecular formula is C19H20FN3O2S. The van der Waals surface area contributed by atoms with E-state index in [-0.39, 0.29) is 17.8 Å². The van der Waals surface area contributed by atoms with Gasteiger partial charge in [0.15, 0.2) is 0 Å². The van der Waals surface area contributed by atoms with E-state index in [0.717, 1.165) is 29.2 Å². The molecule has 1 saturated heterocycles. The number of carbonyl (C=O) groups is 1. The molecule has 5 nitrogen and oxygen atoms in total. The molecule has 3 heterocycles. The van der Waals surface area contributed by atoms with Crippen molar-refractivity contribution in [1.82, 2.24) is 9.91 Å². The molecule has 2 aliphatic heterocycles. The first-order chi connectivity index (χ1) is 12.7. The van der Waals surface area contributed by atoms with E-state index in [1.165, 1.54) is 12.1 Å². The maximum atomic E-state index is 13.3. The molecule has 0 radical (unpaired) electrons. The van der Waals surface area contributed by atoms with Crippen LogP contribution < -0.4 is 0 Å². The molecule has 1 amide bonds. The summed E-state index contributed by atoms with van der Waals surface area (Å²) in [4.78, 5) is 16.1. The molecule has 2 aromatic rings. The molecule has 26 heavy (non-hydrogen) atoms. The predicted octanol–water partition coefficient (Wildman–Crippen LogP) is 2.90. The van der Waals surface area contributed by atoms with Gasteiger partial charge in [0.25, 0.3) is 5.91 Å². The van der Waals surface area contributed by atoms with Gasteiger partial charge in [-0.15, -0.1) is 11.3 Å². The van der Waals surface area contributed by atoms with E-state index in [1.807, 2.05) is 17.5 Å². The molecule has 0 bridgehead atoms. The lowest BCUT2D eigenvalue weighted by atomic mass is 10.0. The van der Waals surface area contributed by atoms with Gasteiger partial charge in [-0.3, -0.25) is 9.69 Å². The largest absolute Gasteiger partial charge is 0.379 e. The summed E-state index contributed by atoms with van der Waals surface area (Å²) in [7, 11) is 0. The van der Waals surface area contributed by atoms with Crippen LogP contribution in [-0.2, 0) is 9.53 Å².